The number of carbonyl (C=O) groups is 1. The van der Waals surface area contributed by atoms with Crippen LogP contribution in [0.5, 0.6) is 0 Å². The summed E-state index contributed by atoms with van der Waals surface area (Å²) in [5.41, 5.74) is 3.74. The van der Waals surface area contributed by atoms with Gasteiger partial charge in [0.2, 0.25) is 0 Å². The number of rotatable bonds is 5. The first-order chi connectivity index (χ1) is 18.9. The predicted molar refractivity (Wildman–Crippen MR) is 157 cm³/mol. The Morgan fingerprint density at radius 1 is 1.08 bits per heavy atom. The number of thioether (sulfide) groups is 1. The van der Waals surface area contributed by atoms with Gasteiger partial charge in [-0.1, -0.05) is 52.3 Å². The van der Waals surface area contributed by atoms with Gasteiger partial charge < -0.3 is 15.0 Å². The van der Waals surface area contributed by atoms with Crippen LogP contribution in [0.15, 0.2) is 76.1 Å². The topological polar surface area (TPSA) is 84.7 Å². The third-order valence-electron chi connectivity index (χ3n) is 7.95. The Balaban J connectivity index is 1.40. The number of anilines is 1. The lowest BCUT2D eigenvalue weighted by Crippen LogP contribution is -2.41. The molecule has 5 unspecified atom stereocenters. The van der Waals surface area contributed by atoms with Gasteiger partial charge in [0, 0.05) is 34.8 Å². The smallest absolute Gasteiger partial charge is 0.282 e. The minimum atomic E-state index is -0.335. The number of benzene rings is 3. The zero-order valence-electron chi connectivity index (χ0n) is 21.0. The fraction of sp³-hybridized carbons (Fsp3) is 0.345. The lowest BCUT2D eigenvalue weighted by Gasteiger charge is -2.39. The van der Waals surface area contributed by atoms with Crippen molar-refractivity contribution in [3.63, 3.8) is 0 Å². The molecule has 3 aromatic rings. The largest absolute Gasteiger partial charge is 0.378 e. The molecule has 1 amide bonds. The molecule has 3 aliphatic rings. The number of alkyl halides is 1. The van der Waals surface area contributed by atoms with Crippen molar-refractivity contribution in [1.82, 2.24) is 4.90 Å². The molecule has 1 aliphatic carbocycles. The van der Waals surface area contributed by atoms with Crippen molar-refractivity contribution in [2.75, 3.05) is 31.6 Å². The molecule has 2 heterocycles. The molecule has 3 aromatic carbocycles. The number of carbonyl (C=O) groups excluding carboxylic acids is 1. The van der Waals surface area contributed by atoms with Crippen LogP contribution in [0.3, 0.4) is 0 Å². The van der Waals surface area contributed by atoms with Crippen LogP contribution in [-0.4, -0.2) is 52.7 Å². The van der Waals surface area contributed by atoms with E-state index in [1.54, 1.807) is 18.2 Å². The number of nitro benzene ring substituents is 1. The summed E-state index contributed by atoms with van der Waals surface area (Å²) in [6.07, 6.45) is 0.782. The van der Waals surface area contributed by atoms with Gasteiger partial charge in [0.25, 0.3) is 11.6 Å². The molecule has 202 valence electrons. The number of fused-ring (bicyclic) bond motifs is 3. The van der Waals surface area contributed by atoms with Gasteiger partial charge in [0.15, 0.2) is 0 Å². The molecular formula is C29H27BrClN3O4S. The van der Waals surface area contributed by atoms with E-state index in [1.807, 2.05) is 35.2 Å². The van der Waals surface area contributed by atoms with E-state index < -0.39 is 0 Å². The maximum atomic E-state index is 13.7. The number of amides is 1. The van der Waals surface area contributed by atoms with Crippen LogP contribution in [0.1, 0.15) is 39.9 Å². The molecule has 1 N–H and O–H groups in total. The summed E-state index contributed by atoms with van der Waals surface area (Å²) in [7, 11) is 0. The number of hydrogen-bond donors (Lipinski definition) is 1. The maximum absolute atomic E-state index is 13.7. The second-order valence-corrected chi connectivity index (χ2v) is 12.8. The van der Waals surface area contributed by atoms with Crippen LogP contribution in [0, 0.1) is 16.0 Å². The maximum Gasteiger partial charge on any atom is 0.282 e. The molecule has 0 aromatic heterocycles. The van der Waals surface area contributed by atoms with Crippen LogP contribution in [-0.2, 0) is 4.74 Å². The van der Waals surface area contributed by atoms with E-state index >= 15 is 0 Å². The second-order valence-electron chi connectivity index (χ2n) is 10.1. The highest BCUT2D eigenvalue weighted by molar-refractivity contribution is 9.10. The molecule has 10 heteroatoms. The summed E-state index contributed by atoms with van der Waals surface area (Å²) in [4.78, 5) is 27.5. The lowest BCUT2D eigenvalue weighted by molar-refractivity contribution is -0.387. The van der Waals surface area contributed by atoms with Crippen molar-refractivity contribution >= 4 is 56.6 Å². The van der Waals surface area contributed by atoms with E-state index in [9.17, 15) is 14.9 Å². The number of para-hydroxylation sites is 2. The average molecular weight is 629 g/mol. The highest BCUT2D eigenvalue weighted by Gasteiger charge is 2.51. The van der Waals surface area contributed by atoms with E-state index in [2.05, 4.69) is 39.4 Å². The van der Waals surface area contributed by atoms with Crippen molar-refractivity contribution in [3.05, 3.63) is 98.0 Å². The summed E-state index contributed by atoms with van der Waals surface area (Å²) in [5, 5.41) is 15.1. The van der Waals surface area contributed by atoms with Gasteiger partial charge in [0.05, 0.1) is 45.7 Å². The van der Waals surface area contributed by atoms with Gasteiger partial charge in [-0.25, -0.2) is 0 Å². The van der Waals surface area contributed by atoms with E-state index in [1.165, 1.54) is 11.8 Å². The van der Waals surface area contributed by atoms with E-state index in [4.69, 9.17) is 16.3 Å². The van der Waals surface area contributed by atoms with E-state index in [0.29, 0.717) is 36.8 Å². The molecule has 0 spiro atoms. The number of hydrogen-bond acceptors (Lipinski definition) is 6. The minimum Gasteiger partial charge on any atom is -0.378 e. The van der Waals surface area contributed by atoms with Gasteiger partial charge in [-0.15, -0.1) is 23.4 Å². The van der Waals surface area contributed by atoms with Crippen LogP contribution in [0.4, 0.5) is 11.4 Å². The molecule has 39 heavy (non-hydrogen) atoms. The molecule has 1 saturated carbocycles. The Labute approximate surface area is 244 Å². The summed E-state index contributed by atoms with van der Waals surface area (Å²) in [6, 6.07) is 20.9. The third kappa shape index (κ3) is 5.06. The Bertz CT molecular complexity index is 1400. The summed E-state index contributed by atoms with van der Waals surface area (Å²) < 4.78 is 6.46. The quantitative estimate of drug-likeness (QED) is 0.189. The van der Waals surface area contributed by atoms with E-state index in [0.717, 1.165) is 27.7 Å². The van der Waals surface area contributed by atoms with Crippen molar-refractivity contribution in [1.29, 1.82) is 0 Å². The number of halogens is 2. The summed E-state index contributed by atoms with van der Waals surface area (Å²) >= 11 is 12.3. The van der Waals surface area contributed by atoms with E-state index in [-0.39, 0.29) is 45.0 Å². The van der Waals surface area contributed by atoms with Gasteiger partial charge >= 0.3 is 0 Å². The molecule has 5 atom stereocenters. The predicted octanol–water partition coefficient (Wildman–Crippen LogP) is 6.87. The highest BCUT2D eigenvalue weighted by atomic mass is 79.9. The van der Waals surface area contributed by atoms with Gasteiger partial charge in [0.1, 0.15) is 0 Å². The fourth-order valence-electron chi connectivity index (χ4n) is 6.13. The number of nitro groups is 1. The van der Waals surface area contributed by atoms with Crippen LogP contribution in [0.2, 0.25) is 0 Å². The van der Waals surface area contributed by atoms with Gasteiger partial charge in [-0.05, 0) is 47.7 Å². The van der Waals surface area contributed by atoms with Gasteiger partial charge in [-0.2, -0.15) is 0 Å². The second kappa shape index (κ2) is 11.1. The van der Waals surface area contributed by atoms with Crippen molar-refractivity contribution in [2.24, 2.45) is 5.92 Å². The molecule has 1 saturated heterocycles. The Morgan fingerprint density at radius 3 is 2.56 bits per heavy atom. The minimum absolute atomic E-state index is 0.00869. The monoisotopic (exact) mass is 627 g/mol. The first kappa shape index (κ1) is 26.6. The molecule has 6 rings (SSSR count). The highest BCUT2D eigenvalue weighted by Crippen LogP contribution is 2.58. The normalized spacial score (nSPS) is 25.9. The first-order valence-corrected chi connectivity index (χ1v) is 15.1. The molecular weight excluding hydrogens is 602 g/mol. The lowest BCUT2D eigenvalue weighted by atomic mass is 9.76. The zero-order valence-corrected chi connectivity index (χ0v) is 24.1. The summed E-state index contributed by atoms with van der Waals surface area (Å²) in [5.74, 6) is 0.120. The van der Waals surface area contributed by atoms with Crippen molar-refractivity contribution in [3.8, 4) is 0 Å². The number of nitrogens with zero attached hydrogens (tertiary/aromatic N) is 2. The fourth-order valence-corrected chi connectivity index (χ4v) is 8.34. The molecule has 7 nitrogen and oxygen atoms in total. The number of morpholine rings is 1. The van der Waals surface area contributed by atoms with Crippen LogP contribution in [0.25, 0.3) is 0 Å². The molecule has 2 aliphatic heterocycles. The molecule has 0 bridgehead atoms. The first-order valence-electron chi connectivity index (χ1n) is 13.0. The number of ether oxygens (including phenoxy) is 1. The SMILES string of the molecule is O=C(c1cccc2c1NC(c1ccc(Br)cc1)C1CC(Sc3ccccc3[N+](=O)[O-])C(Cl)C21)N1CCOCC1. The van der Waals surface area contributed by atoms with Crippen molar-refractivity contribution < 1.29 is 14.5 Å². The van der Waals surface area contributed by atoms with Crippen LogP contribution < -0.4 is 5.32 Å². The van der Waals surface area contributed by atoms with Crippen LogP contribution >= 0.6 is 39.3 Å². The van der Waals surface area contributed by atoms with Crippen molar-refractivity contribution in [2.45, 2.75) is 33.9 Å². The molecule has 2 fully saturated rings. The molecule has 0 radical (unpaired) electrons. The summed E-state index contributed by atoms with van der Waals surface area (Å²) in [6.45, 7) is 2.21. The average Bonchev–Trinajstić information content (AvgIpc) is 3.29. The number of nitrogens with one attached hydrogen (secondary N) is 1. The standard InChI is InChI=1S/C29H27BrClN3O4S/c30-18-10-8-17(9-11-18)27-21-16-24(39-23-7-2-1-6-22(23)34(36)37)26(31)25(21)19-4-3-5-20(28(19)32-27)29(35)33-12-14-38-15-13-33/h1-11,21,24-27,32H,12-16H2. The van der Waals surface area contributed by atoms with Gasteiger partial charge in [-0.3, -0.25) is 14.9 Å². The zero-order chi connectivity index (χ0) is 27.1. The Hall–Kier alpha value is -2.59. The Kier molecular flexibility index (Phi) is 7.59. The third-order valence-corrected chi connectivity index (χ3v) is 10.6. The Morgan fingerprint density at radius 2 is 1.82 bits per heavy atom.